The number of benzene rings is 2. The lowest BCUT2D eigenvalue weighted by atomic mass is 10.1. The monoisotopic (exact) mass is 280 g/mol. The molecule has 4 heteroatoms. The van der Waals surface area contributed by atoms with E-state index in [1.807, 2.05) is 37.3 Å². The van der Waals surface area contributed by atoms with Gasteiger partial charge in [0, 0.05) is 0 Å². The first kappa shape index (κ1) is 14.5. The van der Waals surface area contributed by atoms with Gasteiger partial charge in [0.1, 0.15) is 17.5 Å². The Morgan fingerprint density at radius 1 is 1.19 bits per heavy atom. The van der Waals surface area contributed by atoms with Gasteiger partial charge in [0.2, 0.25) is 0 Å². The Bertz CT molecular complexity index is 744. The van der Waals surface area contributed by atoms with E-state index in [0.717, 1.165) is 11.1 Å². The fourth-order valence-electron chi connectivity index (χ4n) is 1.81. The summed E-state index contributed by atoms with van der Waals surface area (Å²) in [4.78, 5) is 12.0. The Balaban J connectivity index is 2.26. The van der Waals surface area contributed by atoms with Gasteiger partial charge >= 0.3 is 0 Å². The van der Waals surface area contributed by atoms with E-state index in [2.05, 4.69) is 5.32 Å². The third-order valence-corrected chi connectivity index (χ3v) is 2.98. The molecule has 0 fully saturated rings. The molecule has 104 valence electrons. The van der Waals surface area contributed by atoms with E-state index < -0.39 is 11.7 Å². The number of anilines is 1. The van der Waals surface area contributed by atoms with Crippen LogP contribution in [0, 0.1) is 24.1 Å². The molecular weight excluding hydrogens is 267 g/mol. The number of carbonyl (C=O) groups excluding carboxylic acids is 1. The van der Waals surface area contributed by atoms with Crippen molar-refractivity contribution in [3.05, 3.63) is 71.0 Å². The van der Waals surface area contributed by atoms with E-state index in [1.54, 1.807) is 6.07 Å². The summed E-state index contributed by atoms with van der Waals surface area (Å²) in [5.74, 6) is -1.18. The molecule has 0 unspecified atom stereocenters. The molecule has 0 saturated carbocycles. The number of nitrogens with one attached hydrogen (secondary N) is 1. The molecule has 0 radical (unpaired) electrons. The normalized spacial score (nSPS) is 10.8. The molecule has 0 bridgehead atoms. The smallest absolute Gasteiger partial charge is 0.266 e. The third-order valence-electron chi connectivity index (χ3n) is 2.98. The molecule has 0 aromatic heterocycles. The molecule has 0 heterocycles. The number of nitrogens with zero attached hydrogens (tertiary/aromatic N) is 1. The van der Waals surface area contributed by atoms with Gasteiger partial charge in [-0.3, -0.25) is 4.79 Å². The van der Waals surface area contributed by atoms with Crippen LogP contribution >= 0.6 is 0 Å². The van der Waals surface area contributed by atoms with Gasteiger partial charge in [-0.1, -0.05) is 36.4 Å². The number of amides is 1. The quantitative estimate of drug-likeness (QED) is 0.688. The largest absolute Gasteiger partial charge is 0.319 e. The number of halogens is 1. The number of nitriles is 1. The maximum absolute atomic E-state index is 13.5. The molecule has 2 aromatic rings. The number of hydrogen-bond acceptors (Lipinski definition) is 2. The maximum atomic E-state index is 13.5. The first-order valence-electron chi connectivity index (χ1n) is 6.35. The van der Waals surface area contributed by atoms with Crippen LogP contribution in [0.25, 0.3) is 6.08 Å². The van der Waals surface area contributed by atoms with Gasteiger partial charge in [-0.15, -0.1) is 0 Å². The summed E-state index contributed by atoms with van der Waals surface area (Å²) in [5, 5.41) is 11.5. The lowest BCUT2D eigenvalue weighted by molar-refractivity contribution is -0.112. The van der Waals surface area contributed by atoms with Crippen LogP contribution in [0.4, 0.5) is 10.1 Å². The molecule has 0 aliphatic heterocycles. The molecule has 1 N–H and O–H groups in total. The number of carbonyl (C=O) groups is 1. The minimum absolute atomic E-state index is 0.0495. The predicted octanol–water partition coefficient (Wildman–Crippen LogP) is 3.68. The topological polar surface area (TPSA) is 52.9 Å². The summed E-state index contributed by atoms with van der Waals surface area (Å²) < 4.78 is 13.5. The van der Waals surface area contributed by atoms with Gasteiger partial charge in [-0.25, -0.2) is 4.39 Å². The van der Waals surface area contributed by atoms with Gasteiger partial charge < -0.3 is 5.32 Å². The molecule has 0 aliphatic carbocycles. The molecule has 0 spiro atoms. The highest BCUT2D eigenvalue weighted by atomic mass is 19.1. The van der Waals surface area contributed by atoms with Crippen molar-refractivity contribution in [3.8, 4) is 6.07 Å². The number of rotatable bonds is 3. The fraction of sp³-hybridized carbons (Fsp3) is 0.0588. The van der Waals surface area contributed by atoms with Crippen LogP contribution in [0.3, 0.4) is 0 Å². The maximum Gasteiger partial charge on any atom is 0.266 e. The number of aryl methyl sites for hydroxylation is 1. The second kappa shape index (κ2) is 6.49. The number of hydrogen-bond donors (Lipinski definition) is 1. The zero-order valence-corrected chi connectivity index (χ0v) is 11.4. The van der Waals surface area contributed by atoms with Crippen molar-refractivity contribution >= 4 is 17.7 Å². The molecule has 1 amide bonds. The fourth-order valence-corrected chi connectivity index (χ4v) is 1.81. The standard InChI is InChI=1S/C17H13FN2O/c1-12-6-2-3-7-13(12)10-14(11-19)17(21)20-16-9-5-4-8-15(16)18/h2-10H,1H3,(H,20,21)/b14-10-. The number of para-hydroxylation sites is 1. The summed E-state index contributed by atoms with van der Waals surface area (Å²) in [7, 11) is 0. The SMILES string of the molecule is Cc1ccccc1/C=C(/C#N)C(=O)Nc1ccccc1F. The van der Waals surface area contributed by atoms with Crippen molar-refractivity contribution in [1.82, 2.24) is 0 Å². The first-order chi connectivity index (χ1) is 10.1. The van der Waals surface area contributed by atoms with Crippen molar-refractivity contribution in [2.75, 3.05) is 5.32 Å². The van der Waals surface area contributed by atoms with Gasteiger partial charge in [0.25, 0.3) is 5.91 Å². The van der Waals surface area contributed by atoms with E-state index in [4.69, 9.17) is 5.26 Å². The zero-order valence-electron chi connectivity index (χ0n) is 11.4. The van der Waals surface area contributed by atoms with Gasteiger partial charge in [-0.05, 0) is 36.3 Å². The third kappa shape index (κ3) is 3.54. The lowest BCUT2D eigenvalue weighted by Crippen LogP contribution is -2.14. The molecule has 21 heavy (non-hydrogen) atoms. The zero-order chi connectivity index (χ0) is 15.2. The van der Waals surface area contributed by atoms with Crippen molar-refractivity contribution < 1.29 is 9.18 Å². The highest BCUT2D eigenvalue weighted by molar-refractivity contribution is 6.09. The van der Waals surface area contributed by atoms with Crippen LogP contribution in [-0.2, 0) is 4.79 Å². The second-order valence-electron chi connectivity index (χ2n) is 4.46. The Hall–Kier alpha value is -2.93. The van der Waals surface area contributed by atoms with Crippen LogP contribution in [-0.4, -0.2) is 5.91 Å². The molecule has 0 atom stereocenters. The van der Waals surface area contributed by atoms with Crippen molar-refractivity contribution in [3.63, 3.8) is 0 Å². The molecule has 2 rings (SSSR count). The summed E-state index contributed by atoms with van der Waals surface area (Å²) in [6.07, 6.45) is 1.49. The van der Waals surface area contributed by atoms with E-state index in [-0.39, 0.29) is 11.3 Å². The molecule has 3 nitrogen and oxygen atoms in total. The average molecular weight is 280 g/mol. The van der Waals surface area contributed by atoms with E-state index in [9.17, 15) is 9.18 Å². The van der Waals surface area contributed by atoms with Gasteiger partial charge in [-0.2, -0.15) is 5.26 Å². The summed E-state index contributed by atoms with van der Waals surface area (Å²) in [6, 6.07) is 15.0. The minimum Gasteiger partial charge on any atom is -0.319 e. The first-order valence-corrected chi connectivity index (χ1v) is 6.35. The van der Waals surface area contributed by atoms with Crippen LogP contribution in [0.15, 0.2) is 54.1 Å². The predicted molar refractivity (Wildman–Crippen MR) is 79.8 cm³/mol. The highest BCUT2D eigenvalue weighted by Gasteiger charge is 2.12. The molecule has 2 aromatic carbocycles. The average Bonchev–Trinajstić information content (AvgIpc) is 2.48. The minimum atomic E-state index is -0.633. The Labute approximate surface area is 122 Å². The van der Waals surface area contributed by atoms with E-state index >= 15 is 0 Å². The Morgan fingerprint density at radius 2 is 1.86 bits per heavy atom. The highest BCUT2D eigenvalue weighted by Crippen LogP contribution is 2.16. The van der Waals surface area contributed by atoms with Crippen LogP contribution in [0.2, 0.25) is 0 Å². The van der Waals surface area contributed by atoms with Crippen LogP contribution < -0.4 is 5.32 Å². The Morgan fingerprint density at radius 3 is 2.52 bits per heavy atom. The van der Waals surface area contributed by atoms with Crippen molar-refractivity contribution in [2.24, 2.45) is 0 Å². The van der Waals surface area contributed by atoms with Crippen molar-refractivity contribution in [2.45, 2.75) is 6.92 Å². The summed E-state index contributed by atoms with van der Waals surface area (Å²) >= 11 is 0. The van der Waals surface area contributed by atoms with Crippen molar-refractivity contribution in [1.29, 1.82) is 5.26 Å². The molecule has 0 aliphatic rings. The van der Waals surface area contributed by atoms with Crippen LogP contribution in [0.5, 0.6) is 0 Å². The Kier molecular flexibility index (Phi) is 4.47. The van der Waals surface area contributed by atoms with E-state index in [0.29, 0.717) is 0 Å². The molecular formula is C17H13FN2O. The summed E-state index contributed by atoms with van der Waals surface area (Å²) in [6.45, 7) is 1.88. The lowest BCUT2D eigenvalue weighted by Gasteiger charge is -2.06. The second-order valence-corrected chi connectivity index (χ2v) is 4.46. The summed E-state index contributed by atoms with van der Waals surface area (Å²) in [5.41, 5.74) is 1.70. The van der Waals surface area contributed by atoms with Gasteiger partial charge in [0.05, 0.1) is 5.69 Å². The van der Waals surface area contributed by atoms with Crippen LogP contribution in [0.1, 0.15) is 11.1 Å². The van der Waals surface area contributed by atoms with E-state index in [1.165, 1.54) is 24.3 Å². The van der Waals surface area contributed by atoms with Gasteiger partial charge in [0.15, 0.2) is 0 Å². The molecule has 0 saturated heterocycles.